The summed E-state index contributed by atoms with van der Waals surface area (Å²) in [5.74, 6) is -0.365. The molecule has 0 fully saturated rings. The smallest absolute Gasteiger partial charge is 0.414 e. The van der Waals surface area contributed by atoms with Crippen LogP contribution < -0.4 is 15.5 Å². The average Bonchev–Trinajstić information content (AvgIpc) is 2.48. The van der Waals surface area contributed by atoms with E-state index in [0.717, 1.165) is 0 Å². The van der Waals surface area contributed by atoms with E-state index in [-0.39, 0.29) is 6.61 Å². The van der Waals surface area contributed by atoms with E-state index in [0.29, 0.717) is 11.4 Å². The Kier molecular flexibility index (Phi) is 6.21. The van der Waals surface area contributed by atoms with Gasteiger partial charge in [0.15, 0.2) is 0 Å². The van der Waals surface area contributed by atoms with Crippen molar-refractivity contribution in [3.8, 4) is 11.8 Å². The predicted octanol–water partition coefficient (Wildman–Crippen LogP) is 1.26. The number of amides is 2. The first kappa shape index (κ1) is 16.0. The van der Waals surface area contributed by atoms with Crippen molar-refractivity contribution >= 4 is 23.4 Å². The summed E-state index contributed by atoms with van der Waals surface area (Å²) in [5, 5.41) is 14.4. The van der Waals surface area contributed by atoms with Crippen LogP contribution >= 0.6 is 0 Å². The molecule has 0 aromatic heterocycles. The van der Waals surface area contributed by atoms with Crippen molar-refractivity contribution in [1.82, 2.24) is 5.32 Å². The molecule has 0 atom stereocenters. The lowest BCUT2D eigenvalue weighted by molar-refractivity contribution is -0.114. The van der Waals surface area contributed by atoms with E-state index in [1.54, 1.807) is 37.3 Å². The van der Waals surface area contributed by atoms with Crippen molar-refractivity contribution in [3.63, 3.8) is 0 Å². The molecule has 0 heterocycles. The SMILES string of the molecule is CCOC(=O)NC(=O)/C(C#N)=N\Nc1cccc(OC)c1. The molecule has 1 aromatic carbocycles. The van der Waals surface area contributed by atoms with Gasteiger partial charge in [-0.25, -0.2) is 4.79 Å². The van der Waals surface area contributed by atoms with Gasteiger partial charge in [-0.1, -0.05) is 6.07 Å². The first-order valence-electron chi connectivity index (χ1n) is 5.96. The number of imide groups is 1. The zero-order valence-corrected chi connectivity index (χ0v) is 11.5. The van der Waals surface area contributed by atoms with Crippen LogP contribution in [0.5, 0.6) is 5.75 Å². The molecule has 2 N–H and O–H groups in total. The Balaban J connectivity index is 2.73. The fourth-order valence-corrected chi connectivity index (χ4v) is 1.26. The highest BCUT2D eigenvalue weighted by molar-refractivity contribution is 6.46. The molecule has 1 aromatic rings. The van der Waals surface area contributed by atoms with Crippen molar-refractivity contribution in [2.75, 3.05) is 19.1 Å². The lowest BCUT2D eigenvalue weighted by Gasteiger charge is -2.05. The summed E-state index contributed by atoms with van der Waals surface area (Å²) in [6.07, 6.45) is -0.938. The molecule has 0 spiro atoms. The van der Waals surface area contributed by atoms with E-state index in [2.05, 4.69) is 15.3 Å². The van der Waals surface area contributed by atoms with Gasteiger partial charge >= 0.3 is 6.09 Å². The maximum Gasteiger partial charge on any atom is 0.414 e. The van der Waals surface area contributed by atoms with Gasteiger partial charge in [0.2, 0.25) is 5.71 Å². The van der Waals surface area contributed by atoms with Crippen LogP contribution in [0.25, 0.3) is 0 Å². The Labute approximate surface area is 121 Å². The highest BCUT2D eigenvalue weighted by atomic mass is 16.5. The lowest BCUT2D eigenvalue weighted by Crippen LogP contribution is -2.36. The summed E-state index contributed by atoms with van der Waals surface area (Å²) in [7, 11) is 1.51. The number of hydrogen-bond acceptors (Lipinski definition) is 7. The number of hydrazone groups is 1. The van der Waals surface area contributed by atoms with E-state index < -0.39 is 17.7 Å². The summed E-state index contributed by atoms with van der Waals surface area (Å²) in [4.78, 5) is 22.7. The van der Waals surface area contributed by atoms with Gasteiger partial charge in [-0.15, -0.1) is 0 Å². The lowest BCUT2D eigenvalue weighted by atomic mass is 10.3. The summed E-state index contributed by atoms with van der Waals surface area (Å²) in [6, 6.07) is 8.32. The number of alkyl carbamates (subject to hydrolysis) is 1. The quantitative estimate of drug-likeness (QED) is 0.623. The summed E-state index contributed by atoms with van der Waals surface area (Å²) in [5.41, 5.74) is 2.54. The fraction of sp³-hybridized carbons (Fsp3) is 0.231. The summed E-state index contributed by atoms with van der Waals surface area (Å²) < 4.78 is 9.55. The number of benzene rings is 1. The second-order valence-electron chi connectivity index (χ2n) is 3.59. The number of anilines is 1. The third kappa shape index (κ3) is 5.20. The van der Waals surface area contributed by atoms with Crippen LogP contribution in [0.3, 0.4) is 0 Å². The highest BCUT2D eigenvalue weighted by Gasteiger charge is 2.15. The molecule has 0 radical (unpaired) electrons. The second kappa shape index (κ2) is 8.16. The minimum atomic E-state index is -0.952. The maximum absolute atomic E-state index is 11.6. The minimum absolute atomic E-state index is 0.111. The fourth-order valence-electron chi connectivity index (χ4n) is 1.26. The van der Waals surface area contributed by atoms with E-state index >= 15 is 0 Å². The van der Waals surface area contributed by atoms with Crippen molar-refractivity contribution in [3.05, 3.63) is 24.3 Å². The van der Waals surface area contributed by atoms with Crippen LogP contribution in [0, 0.1) is 11.3 Å². The van der Waals surface area contributed by atoms with Gasteiger partial charge in [-0.05, 0) is 19.1 Å². The topological polar surface area (TPSA) is 113 Å². The second-order valence-corrected chi connectivity index (χ2v) is 3.59. The molecule has 110 valence electrons. The van der Waals surface area contributed by atoms with Crippen LogP contribution in [-0.4, -0.2) is 31.4 Å². The van der Waals surface area contributed by atoms with Crippen molar-refractivity contribution in [2.24, 2.45) is 5.10 Å². The number of nitrogens with one attached hydrogen (secondary N) is 2. The number of ether oxygens (including phenoxy) is 2. The number of rotatable bonds is 5. The van der Waals surface area contributed by atoms with Gasteiger partial charge in [-0.2, -0.15) is 10.4 Å². The zero-order valence-electron chi connectivity index (χ0n) is 11.5. The third-order valence-electron chi connectivity index (χ3n) is 2.18. The van der Waals surface area contributed by atoms with Crippen LogP contribution in [0.1, 0.15) is 6.92 Å². The Morgan fingerprint density at radius 3 is 2.81 bits per heavy atom. The molecule has 0 unspecified atom stereocenters. The predicted molar refractivity (Wildman–Crippen MR) is 74.8 cm³/mol. The Hall–Kier alpha value is -3.08. The number of methoxy groups -OCH3 is 1. The molecular weight excluding hydrogens is 276 g/mol. The molecule has 0 aliphatic rings. The Bertz CT molecular complexity index is 592. The van der Waals surface area contributed by atoms with Gasteiger partial charge in [0, 0.05) is 6.07 Å². The first-order valence-corrected chi connectivity index (χ1v) is 5.96. The van der Waals surface area contributed by atoms with Crippen molar-refractivity contribution < 1.29 is 19.1 Å². The molecular formula is C13H14N4O4. The number of nitriles is 1. The zero-order chi connectivity index (χ0) is 15.7. The first-order chi connectivity index (χ1) is 10.1. The van der Waals surface area contributed by atoms with Crippen molar-refractivity contribution in [2.45, 2.75) is 6.92 Å². The standard InChI is InChI=1S/C13H14N4O4/c1-3-21-13(19)15-12(18)11(8-14)17-16-9-5-4-6-10(7-9)20-2/h4-7,16H,3H2,1-2H3,(H,15,18,19)/b17-11-. The monoisotopic (exact) mass is 290 g/mol. The van der Waals surface area contributed by atoms with Gasteiger partial charge in [0.25, 0.3) is 5.91 Å². The Morgan fingerprint density at radius 2 is 2.19 bits per heavy atom. The van der Waals surface area contributed by atoms with Crippen LogP contribution in [0.15, 0.2) is 29.4 Å². The maximum atomic E-state index is 11.6. The number of carbonyl (C=O) groups is 2. The largest absolute Gasteiger partial charge is 0.497 e. The van der Waals surface area contributed by atoms with E-state index in [1.165, 1.54) is 7.11 Å². The van der Waals surface area contributed by atoms with Gasteiger partial charge in [0.05, 0.1) is 19.4 Å². The normalized spacial score (nSPS) is 10.2. The molecule has 8 heteroatoms. The van der Waals surface area contributed by atoms with Gasteiger partial charge in [0.1, 0.15) is 11.8 Å². The molecule has 2 amide bonds. The number of nitrogens with zero attached hydrogens (tertiary/aromatic N) is 2. The molecule has 1 rings (SSSR count). The van der Waals surface area contributed by atoms with Gasteiger partial charge in [-0.3, -0.25) is 15.5 Å². The molecule has 0 bridgehead atoms. The van der Waals surface area contributed by atoms with Crippen LogP contribution in [-0.2, 0) is 9.53 Å². The minimum Gasteiger partial charge on any atom is -0.497 e. The summed E-state index contributed by atoms with van der Waals surface area (Å²) in [6.45, 7) is 1.70. The summed E-state index contributed by atoms with van der Waals surface area (Å²) >= 11 is 0. The van der Waals surface area contributed by atoms with E-state index in [4.69, 9.17) is 10.00 Å². The van der Waals surface area contributed by atoms with E-state index in [1.807, 2.05) is 5.32 Å². The number of hydrogen-bond donors (Lipinski definition) is 2. The molecule has 0 saturated heterocycles. The Morgan fingerprint density at radius 1 is 1.43 bits per heavy atom. The molecule has 0 saturated carbocycles. The average molecular weight is 290 g/mol. The van der Waals surface area contributed by atoms with E-state index in [9.17, 15) is 9.59 Å². The molecule has 0 aliphatic heterocycles. The van der Waals surface area contributed by atoms with Gasteiger partial charge < -0.3 is 9.47 Å². The highest BCUT2D eigenvalue weighted by Crippen LogP contribution is 2.16. The third-order valence-corrected chi connectivity index (χ3v) is 2.18. The van der Waals surface area contributed by atoms with Crippen molar-refractivity contribution in [1.29, 1.82) is 5.26 Å². The van der Waals surface area contributed by atoms with Crippen LogP contribution in [0.4, 0.5) is 10.5 Å². The molecule has 8 nitrogen and oxygen atoms in total. The molecule has 21 heavy (non-hydrogen) atoms. The molecule has 0 aliphatic carbocycles. The van der Waals surface area contributed by atoms with Crippen LogP contribution in [0.2, 0.25) is 0 Å². The number of carbonyl (C=O) groups excluding carboxylic acids is 2.